The molecule has 1 aromatic rings. The highest BCUT2D eigenvalue weighted by Gasteiger charge is 1.99. The third kappa shape index (κ3) is 4.97. The molecule has 0 aliphatic rings. The number of aryl methyl sites for hydroxylation is 1. The van der Waals surface area contributed by atoms with Crippen molar-refractivity contribution in [3.8, 4) is 12.3 Å². The fraction of sp³-hybridized carbons (Fsp3) is 0.429. The maximum Gasteiger partial charge on any atom is 0.0574 e. The molecular formula is C14H20N2. The minimum Gasteiger partial charge on any atom is -0.305 e. The van der Waals surface area contributed by atoms with Gasteiger partial charge in [0.1, 0.15) is 0 Å². The van der Waals surface area contributed by atoms with Gasteiger partial charge in [-0.15, -0.1) is 6.42 Å². The summed E-state index contributed by atoms with van der Waals surface area (Å²) >= 11 is 0. The van der Waals surface area contributed by atoms with Gasteiger partial charge in [-0.05, 0) is 19.5 Å². The standard InChI is InChI=1S/C14H20N2/c1-4-8-15-9-10-16(3)12-14-7-5-6-13(2)11-14/h1,5-7,11,15H,8-10,12H2,2-3H3. The summed E-state index contributed by atoms with van der Waals surface area (Å²) in [5, 5.41) is 3.19. The molecule has 1 rings (SSSR count). The van der Waals surface area contributed by atoms with Crippen molar-refractivity contribution < 1.29 is 0 Å². The molecular weight excluding hydrogens is 196 g/mol. The highest BCUT2D eigenvalue weighted by Crippen LogP contribution is 2.05. The first-order chi connectivity index (χ1) is 7.72. The van der Waals surface area contributed by atoms with Crippen LogP contribution in [0.2, 0.25) is 0 Å². The molecule has 0 spiro atoms. The van der Waals surface area contributed by atoms with Gasteiger partial charge in [0.05, 0.1) is 6.54 Å². The van der Waals surface area contributed by atoms with Crippen LogP contribution in [0.3, 0.4) is 0 Å². The van der Waals surface area contributed by atoms with Crippen LogP contribution in [0.5, 0.6) is 0 Å². The van der Waals surface area contributed by atoms with Crippen molar-refractivity contribution in [2.75, 3.05) is 26.7 Å². The molecule has 0 atom stereocenters. The molecule has 0 heterocycles. The molecule has 2 nitrogen and oxygen atoms in total. The molecule has 0 aliphatic heterocycles. The van der Waals surface area contributed by atoms with E-state index in [1.165, 1.54) is 11.1 Å². The van der Waals surface area contributed by atoms with Crippen molar-refractivity contribution >= 4 is 0 Å². The van der Waals surface area contributed by atoms with Gasteiger partial charge in [0, 0.05) is 19.6 Å². The highest BCUT2D eigenvalue weighted by atomic mass is 15.1. The molecule has 1 aromatic carbocycles. The molecule has 0 amide bonds. The summed E-state index contributed by atoms with van der Waals surface area (Å²) in [4.78, 5) is 2.29. The van der Waals surface area contributed by atoms with E-state index in [0.29, 0.717) is 6.54 Å². The predicted octanol–water partition coefficient (Wildman–Crippen LogP) is 1.65. The molecule has 0 aromatic heterocycles. The van der Waals surface area contributed by atoms with Gasteiger partial charge >= 0.3 is 0 Å². The zero-order valence-electron chi connectivity index (χ0n) is 10.2. The number of hydrogen-bond donors (Lipinski definition) is 1. The lowest BCUT2D eigenvalue weighted by atomic mass is 10.1. The van der Waals surface area contributed by atoms with Crippen LogP contribution >= 0.6 is 0 Å². The summed E-state index contributed by atoms with van der Waals surface area (Å²) in [6, 6.07) is 8.62. The molecule has 16 heavy (non-hydrogen) atoms. The van der Waals surface area contributed by atoms with Crippen LogP contribution in [-0.2, 0) is 6.54 Å². The van der Waals surface area contributed by atoms with E-state index in [1.807, 2.05) is 0 Å². The lowest BCUT2D eigenvalue weighted by Crippen LogP contribution is -2.29. The molecule has 1 N–H and O–H groups in total. The number of hydrogen-bond acceptors (Lipinski definition) is 2. The first-order valence-corrected chi connectivity index (χ1v) is 5.60. The van der Waals surface area contributed by atoms with Gasteiger partial charge in [-0.3, -0.25) is 0 Å². The summed E-state index contributed by atoms with van der Waals surface area (Å²) in [5.74, 6) is 2.57. The third-order valence-corrected chi connectivity index (χ3v) is 2.43. The van der Waals surface area contributed by atoms with Crippen molar-refractivity contribution in [2.45, 2.75) is 13.5 Å². The first kappa shape index (κ1) is 12.8. The van der Waals surface area contributed by atoms with E-state index < -0.39 is 0 Å². The number of benzene rings is 1. The number of terminal acetylenes is 1. The van der Waals surface area contributed by atoms with Crippen molar-refractivity contribution in [1.29, 1.82) is 0 Å². The van der Waals surface area contributed by atoms with E-state index in [0.717, 1.165) is 19.6 Å². The Kier molecular flexibility index (Phi) is 5.63. The maximum absolute atomic E-state index is 5.16. The SMILES string of the molecule is C#CCNCCN(C)Cc1cccc(C)c1. The van der Waals surface area contributed by atoms with Crippen LogP contribution in [-0.4, -0.2) is 31.6 Å². The smallest absolute Gasteiger partial charge is 0.0574 e. The second kappa shape index (κ2) is 7.05. The van der Waals surface area contributed by atoms with E-state index in [9.17, 15) is 0 Å². The van der Waals surface area contributed by atoms with Gasteiger partial charge < -0.3 is 10.2 Å². The largest absolute Gasteiger partial charge is 0.305 e. The topological polar surface area (TPSA) is 15.3 Å². The lowest BCUT2D eigenvalue weighted by molar-refractivity contribution is 0.327. The van der Waals surface area contributed by atoms with E-state index in [-0.39, 0.29) is 0 Å². The Labute approximate surface area is 98.7 Å². The van der Waals surface area contributed by atoms with Crippen LogP contribution in [0, 0.1) is 19.3 Å². The minimum atomic E-state index is 0.651. The van der Waals surface area contributed by atoms with Crippen molar-refractivity contribution in [2.24, 2.45) is 0 Å². The van der Waals surface area contributed by atoms with Crippen LogP contribution in [0.15, 0.2) is 24.3 Å². The monoisotopic (exact) mass is 216 g/mol. The molecule has 0 unspecified atom stereocenters. The van der Waals surface area contributed by atoms with Crippen LogP contribution in [0.1, 0.15) is 11.1 Å². The van der Waals surface area contributed by atoms with Gasteiger partial charge in [-0.25, -0.2) is 0 Å². The maximum atomic E-state index is 5.16. The highest BCUT2D eigenvalue weighted by molar-refractivity contribution is 5.21. The van der Waals surface area contributed by atoms with Gasteiger partial charge in [0.2, 0.25) is 0 Å². The number of nitrogens with one attached hydrogen (secondary N) is 1. The fourth-order valence-electron chi connectivity index (χ4n) is 1.63. The second-order valence-corrected chi connectivity index (χ2v) is 4.11. The average Bonchev–Trinajstić information content (AvgIpc) is 2.24. The summed E-state index contributed by atoms with van der Waals surface area (Å²) in [7, 11) is 2.12. The summed E-state index contributed by atoms with van der Waals surface area (Å²) in [6.45, 7) is 5.71. The van der Waals surface area contributed by atoms with Crippen molar-refractivity contribution in [3.05, 3.63) is 35.4 Å². The zero-order chi connectivity index (χ0) is 11.8. The van der Waals surface area contributed by atoms with Crippen molar-refractivity contribution in [1.82, 2.24) is 10.2 Å². The average molecular weight is 216 g/mol. The number of rotatable bonds is 6. The zero-order valence-corrected chi connectivity index (χ0v) is 10.2. The summed E-state index contributed by atoms with van der Waals surface area (Å²) in [5.41, 5.74) is 2.68. The fourth-order valence-corrected chi connectivity index (χ4v) is 1.63. The quantitative estimate of drug-likeness (QED) is 0.574. The molecule has 0 saturated heterocycles. The van der Waals surface area contributed by atoms with E-state index in [1.54, 1.807) is 0 Å². The molecule has 0 aliphatic carbocycles. The first-order valence-electron chi connectivity index (χ1n) is 5.60. The van der Waals surface area contributed by atoms with Crippen molar-refractivity contribution in [3.63, 3.8) is 0 Å². The van der Waals surface area contributed by atoms with E-state index in [2.05, 4.69) is 54.4 Å². The van der Waals surface area contributed by atoms with Gasteiger partial charge in [0.25, 0.3) is 0 Å². The predicted molar refractivity (Wildman–Crippen MR) is 69.2 cm³/mol. The second-order valence-electron chi connectivity index (χ2n) is 4.11. The molecule has 2 heteroatoms. The minimum absolute atomic E-state index is 0.651. The molecule has 0 saturated carbocycles. The van der Waals surface area contributed by atoms with Gasteiger partial charge in [-0.2, -0.15) is 0 Å². The third-order valence-electron chi connectivity index (χ3n) is 2.43. The Morgan fingerprint density at radius 2 is 2.25 bits per heavy atom. The Balaban J connectivity index is 2.29. The summed E-state index contributed by atoms with van der Waals surface area (Å²) in [6.07, 6.45) is 5.16. The Morgan fingerprint density at radius 1 is 1.44 bits per heavy atom. The molecule has 0 fully saturated rings. The van der Waals surface area contributed by atoms with Gasteiger partial charge in [0.15, 0.2) is 0 Å². The molecule has 0 radical (unpaired) electrons. The molecule has 0 bridgehead atoms. The number of likely N-dealkylation sites (N-methyl/N-ethyl adjacent to an activating group) is 1. The summed E-state index contributed by atoms with van der Waals surface area (Å²) < 4.78 is 0. The Morgan fingerprint density at radius 3 is 2.94 bits per heavy atom. The van der Waals surface area contributed by atoms with E-state index in [4.69, 9.17) is 6.42 Å². The Hall–Kier alpha value is -1.30. The van der Waals surface area contributed by atoms with E-state index >= 15 is 0 Å². The van der Waals surface area contributed by atoms with Crippen LogP contribution < -0.4 is 5.32 Å². The van der Waals surface area contributed by atoms with Gasteiger partial charge in [-0.1, -0.05) is 35.7 Å². The molecule has 86 valence electrons. The van der Waals surface area contributed by atoms with Crippen LogP contribution in [0.25, 0.3) is 0 Å². The number of nitrogens with zero attached hydrogens (tertiary/aromatic N) is 1. The Bertz CT molecular complexity index is 352. The van der Waals surface area contributed by atoms with Crippen LogP contribution in [0.4, 0.5) is 0 Å². The lowest BCUT2D eigenvalue weighted by Gasteiger charge is -2.16. The normalized spacial score (nSPS) is 10.4.